The fraction of sp³-hybridized carbons (Fsp3) is 0.667. The number of carbonyl (C=O) groups is 2. The van der Waals surface area contributed by atoms with Gasteiger partial charge < -0.3 is 15.7 Å². The van der Waals surface area contributed by atoms with Gasteiger partial charge >= 0.3 is 6.18 Å². The van der Waals surface area contributed by atoms with Crippen molar-refractivity contribution in [2.45, 2.75) is 88.6 Å². The van der Waals surface area contributed by atoms with Gasteiger partial charge in [0, 0.05) is 24.1 Å². The van der Waals surface area contributed by atoms with Crippen molar-refractivity contribution < 1.29 is 27.9 Å². The molecule has 0 heterocycles. The Kier molecular flexibility index (Phi) is 5.80. The Morgan fingerprint density at radius 1 is 1.03 bits per heavy atom. The van der Waals surface area contributed by atoms with Crippen LogP contribution in [0.1, 0.15) is 80.6 Å². The fourth-order valence-corrected chi connectivity index (χ4v) is 5.46. The van der Waals surface area contributed by atoms with E-state index in [9.17, 15) is 27.9 Å². The summed E-state index contributed by atoms with van der Waals surface area (Å²) >= 11 is 0. The Morgan fingerprint density at radius 3 is 2.00 bits per heavy atom. The van der Waals surface area contributed by atoms with Crippen LogP contribution in [0.5, 0.6) is 0 Å². The zero-order valence-corrected chi connectivity index (χ0v) is 18.3. The molecule has 0 radical (unpaired) electrons. The summed E-state index contributed by atoms with van der Waals surface area (Å²) < 4.78 is 39.3. The van der Waals surface area contributed by atoms with Gasteiger partial charge in [-0.1, -0.05) is 12.1 Å². The molecular formula is C24H31F3N2O3. The predicted molar refractivity (Wildman–Crippen MR) is 112 cm³/mol. The van der Waals surface area contributed by atoms with Crippen molar-refractivity contribution >= 4 is 11.8 Å². The molecule has 5 nitrogen and oxygen atoms in total. The van der Waals surface area contributed by atoms with E-state index < -0.39 is 11.8 Å². The predicted octanol–water partition coefficient (Wildman–Crippen LogP) is 4.28. The number of halogens is 3. The normalized spacial score (nSPS) is 28.1. The van der Waals surface area contributed by atoms with E-state index in [0.717, 1.165) is 51.4 Å². The van der Waals surface area contributed by atoms with Gasteiger partial charge in [0.15, 0.2) is 5.60 Å². The summed E-state index contributed by atoms with van der Waals surface area (Å²) in [5.41, 5.74) is 2.56. The van der Waals surface area contributed by atoms with E-state index in [1.165, 1.54) is 24.3 Å². The lowest BCUT2D eigenvalue weighted by Gasteiger charge is -2.44. The third-order valence-electron chi connectivity index (χ3n) is 7.73. The minimum atomic E-state index is -4.81. The van der Waals surface area contributed by atoms with Gasteiger partial charge in [-0.2, -0.15) is 13.2 Å². The molecule has 0 saturated heterocycles. The number of alkyl halides is 3. The Bertz CT molecular complexity index is 865. The number of nitrogens with two attached hydrogens (primary N) is 1. The maximum atomic E-state index is 13.3. The summed E-state index contributed by atoms with van der Waals surface area (Å²) in [6, 6.07) is 5.33. The smallest absolute Gasteiger partial charge is 0.376 e. The zero-order valence-electron chi connectivity index (χ0n) is 18.3. The highest BCUT2D eigenvalue weighted by Gasteiger charge is 2.52. The van der Waals surface area contributed by atoms with Crippen LogP contribution >= 0.6 is 0 Å². The van der Waals surface area contributed by atoms with Crippen molar-refractivity contribution in [1.29, 1.82) is 0 Å². The van der Waals surface area contributed by atoms with Crippen molar-refractivity contribution in [2.24, 2.45) is 17.1 Å². The van der Waals surface area contributed by atoms with E-state index in [2.05, 4.69) is 0 Å². The van der Waals surface area contributed by atoms with Crippen LogP contribution in [0, 0.1) is 11.3 Å². The summed E-state index contributed by atoms with van der Waals surface area (Å²) in [6.07, 6.45) is 3.09. The first-order valence-electron chi connectivity index (χ1n) is 11.5. The molecular weight excluding hydrogens is 421 g/mol. The molecule has 0 bridgehead atoms. The highest BCUT2D eigenvalue weighted by molar-refractivity contribution is 5.95. The highest BCUT2D eigenvalue weighted by Crippen LogP contribution is 2.56. The molecule has 3 aliphatic carbocycles. The van der Waals surface area contributed by atoms with Crippen LogP contribution in [-0.2, 0) is 10.4 Å². The molecule has 8 heteroatoms. The second-order valence-corrected chi connectivity index (χ2v) is 10.1. The van der Waals surface area contributed by atoms with E-state index in [-0.39, 0.29) is 34.9 Å². The zero-order chi connectivity index (χ0) is 23.3. The summed E-state index contributed by atoms with van der Waals surface area (Å²) in [4.78, 5) is 26.9. The number of hydrogen-bond acceptors (Lipinski definition) is 3. The summed E-state index contributed by atoms with van der Waals surface area (Å²) in [6.45, 7) is 0.709. The molecule has 3 N–H and O–H groups in total. The lowest BCUT2D eigenvalue weighted by molar-refractivity contribution is -0.258. The van der Waals surface area contributed by atoms with Crippen molar-refractivity contribution in [3.8, 4) is 0 Å². The van der Waals surface area contributed by atoms with Gasteiger partial charge in [-0.3, -0.25) is 9.59 Å². The largest absolute Gasteiger partial charge is 0.421 e. The summed E-state index contributed by atoms with van der Waals surface area (Å²) in [5, 5.41) is 9.87. The van der Waals surface area contributed by atoms with Crippen LogP contribution in [-0.4, -0.2) is 40.1 Å². The molecule has 2 amide bonds. The van der Waals surface area contributed by atoms with Gasteiger partial charge in [-0.25, -0.2) is 0 Å². The monoisotopic (exact) mass is 452 g/mol. The van der Waals surface area contributed by atoms with E-state index >= 15 is 0 Å². The van der Waals surface area contributed by atoms with Crippen LogP contribution in [0.2, 0.25) is 0 Å². The number of rotatable bonds is 7. The molecule has 1 atom stereocenters. The number of nitrogens with zero attached hydrogens (tertiary/aromatic N) is 1. The van der Waals surface area contributed by atoms with E-state index in [4.69, 9.17) is 5.73 Å². The lowest BCUT2D eigenvalue weighted by atomic mass is 9.66. The summed E-state index contributed by atoms with van der Waals surface area (Å²) in [5.74, 6) is 0.111. The second kappa shape index (κ2) is 8.04. The van der Waals surface area contributed by atoms with E-state index in [1.54, 1.807) is 0 Å². The first kappa shape index (κ1) is 23.1. The van der Waals surface area contributed by atoms with Gasteiger partial charge in [0.1, 0.15) is 0 Å². The molecule has 3 fully saturated rings. The molecule has 0 aromatic heterocycles. The second-order valence-electron chi connectivity index (χ2n) is 10.1. The van der Waals surface area contributed by atoms with Gasteiger partial charge in [0.05, 0.1) is 0 Å². The number of hydrogen-bond donors (Lipinski definition) is 2. The quantitative estimate of drug-likeness (QED) is 0.648. The van der Waals surface area contributed by atoms with Gasteiger partial charge in [-0.15, -0.1) is 0 Å². The molecule has 3 saturated carbocycles. The first-order valence-corrected chi connectivity index (χ1v) is 11.5. The topological polar surface area (TPSA) is 83.6 Å². The Hall–Kier alpha value is -2.09. The molecule has 1 aromatic carbocycles. The molecule has 0 unspecified atom stereocenters. The average Bonchev–Trinajstić information content (AvgIpc) is 3.61. The Balaban J connectivity index is 1.48. The minimum absolute atomic E-state index is 0.0363. The minimum Gasteiger partial charge on any atom is -0.376 e. The van der Waals surface area contributed by atoms with E-state index in [0.29, 0.717) is 24.8 Å². The number of benzene rings is 1. The third-order valence-corrected chi connectivity index (χ3v) is 7.73. The number of amides is 2. The Morgan fingerprint density at radius 2 is 1.56 bits per heavy atom. The molecule has 3 aliphatic rings. The van der Waals surface area contributed by atoms with Crippen molar-refractivity contribution in [2.75, 3.05) is 0 Å². The SMILES string of the molecule is C[C@](O)(c1ccc(C(=O)N(C2CC2)[C@H]2CC[C@](CC(N)=O)(C3CC3)CC2)cc1)C(F)(F)F. The van der Waals surface area contributed by atoms with Crippen LogP contribution in [0.3, 0.4) is 0 Å². The standard InChI is InChI=1S/C24H31F3N2O3/c1-22(32,24(25,26)27)16-4-2-15(3-5-16)21(31)29(18-8-9-18)19-10-12-23(13-11-19,14-20(28)30)17-6-7-17/h2-5,17-19,32H,6-14H2,1H3,(H2,28,30)/t19-,22-,23-/m0/s1. The van der Waals surface area contributed by atoms with E-state index in [1.807, 2.05) is 4.90 Å². The van der Waals surface area contributed by atoms with Gasteiger partial charge in [0.2, 0.25) is 5.91 Å². The molecule has 1 aromatic rings. The van der Waals surface area contributed by atoms with Crippen molar-refractivity contribution in [1.82, 2.24) is 4.90 Å². The van der Waals surface area contributed by atoms with Crippen molar-refractivity contribution in [3.05, 3.63) is 35.4 Å². The Labute approximate surface area is 186 Å². The van der Waals surface area contributed by atoms with Crippen LogP contribution < -0.4 is 5.73 Å². The summed E-state index contributed by atoms with van der Waals surface area (Å²) in [7, 11) is 0. The van der Waals surface area contributed by atoms with Crippen LogP contribution in [0.4, 0.5) is 13.2 Å². The maximum absolute atomic E-state index is 13.3. The lowest BCUT2D eigenvalue weighted by Crippen LogP contribution is -2.46. The highest BCUT2D eigenvalue weighted by atomic mass is 19.4. The van der Waals surface area contributed by atoms with Gasteiger partial charge in [-0.05, 0) is 87.3 Å². The number of carbonyl (C=O) groups excluding carboxylic acids is 2. The van der Waals surface area contributed by atoms with Crippen LogP contribution in [0.25, 0.3) is 0 Å². The van der Waals surface area contributed by atoms with Crippen LogP contribution in [0.15, 0.2) is 24.3 Å². The molecule has 176 valence electrons. The molecule has 32 heavy (non-hydrogen) atoms. The molecule has 0 spiro atoms. The number of aliphatic hydroxyl groups is 1. The maximum Gasteiger partial charge on any atom is 0.421 e. The number of primary amides is 1. The van der Waals surface area contributed by atoms with Gasteiger partial charge in [0.25, 0.3) is 5.91 Å². The molecule has 0 aliphatic heterocycles. The average molecular weight is 453 g/mol. The fourth-order valence-electron chi connectivity index (χ4n) is 5.46. The third kappa shape index (κ3) is 4.38. The first-order chi connectivity index (χ1) is 14.9. The molecule has 4 rings (SSSR count). The van der Waals surface area contributed by atoms with Crippen molar-refractivity contribution in [3.63, 3.8) is 0 Å².